The first-order valence-electron chi connectivity index (χ1n) is 10.1. The van der Waals surface area contributed by atoms with Crippen molar-refractivity contribution in [3.8, 4) is 39.7 Å². The topological polar surface area (TPSA) is 82.8 Å². The molecule has 7 nitrogen and oxygen atoms in total. The van der Waals surface area contributed by atoms with Crippen LogP contribution in [0.4, 0.5) is 35.1 Å². The molecule has 0 atom stereocenters. The van der Waals surface area contributed by atoms with Crippen LogP contribution in [-0.2, 0) is 12.4 Å². The van der Waals surface area contributed by atoms with Gasteiger partial charge >= 0.3 is 18.2 Å². The zero-order valence-corrected chi connectivity index (χ0v) is 18.8. The van der Waals surface area contributed by atoms with Crippen molar-refractivity contribution in [3.05, 3.63) is 76.9 Å². The first kappa shape index (κ1) is 25.4. The molecule has 0 saturated heterocycles. The lowest BCUT2D eigenvalue weighted by Gasteiger charge is -2.12. The fourth-order valence-corrected chi connectivity index (χ4v) is 3.85. The minimum atomic E-state index is -5.16. The van der Waals surface area contributed by atoms with E-state index in [1.165, 1.54) is 12.1 Å². The van der Waals surface area contributed by atoms with Crippen molar-refractivity contribution in [1.82, 2.24) is 25.1 Å². The molecule has 0 spiro atoms. The van der Waals surface area contributed by atoms with Gasteiger partial charge in [-0.05, 0) is 30.3 Å². The van der Waals surface area contributed by atoms with Gasteiger partial charge in [0, 0.05) is 0 Å². The molecule has 0 aliphatic rings. The molecular formula is C22H8ClF8N5O2. The molecule has 5 aromatic rings. The highest BCUT2D eigenvalue weighted by Gasteiger charge is 2.43. The second-order valence-electron chi connectivity index (χ2n) is 7.54. The summed E-state index contributed by atoms with van der Waals surface area (Å²) in [6, 6.07) is 7.38. The lowest BCUT2D eigenvalue weighted by Crippen LogP contribution is -2.14. The third kappa shape index (κ3) is 4.38. The third-order valence-corrected chi connectivity index (χ3v) is 5.42. The molecule has 0 aliphatic heterocycles. The van der Waals surface area contributed by atoms with Gasteiger partial charge in [0.2, 0.25) is 0 Å². The number of hydrogen-bond donors (Lipinski definition) is 0. The number of benzene rings is 2. The van der Waals surface area contributed by atoms with Crippen LogP contribution in [0.5, 0.6) is 0 Å². The number of rotatable bonds is 4. The van der Waals surface area contributed by atoms with Gasteiger partial charge in [-0.2, -0.15) is 31.4 Å². The first-order chi connectivity index (χ1) is 17.9. The molecule has 2 aromatic carbocycles. The van der Waals surface area contributed by atoms with Crippen molar-refractivity contribution in [2.75, 3.05) is 0 Å². The molecule has 0 bridgehead atoms. The molecular weight excluding hydrogens is 554 g/mol. The third-order valence-electron chi connectivity index (χ3n) is 5.11. The summed E-state index contributed by atoms with van der Waals surface area (Å²) in [5.41, 5.74) is -4.55. The predicted octanol–water partition coefficient (Wildman–Crippen LogP) is 7.21. The minimum Gasteiger partial charge on any atom is -0.412 e. The summed E-state index contributed by atoms with van der Waals surface area (Å²) >= 11 is 6.06. The monoisotopic (exact) mass is 561 g/mol. The Morgan fingerprint density at radius 1 is 0.868 bits per heavy atom. The van der Waals surface area contributed by atoms with E-state index in [0.717, 1.165) is 30.3 Å². The molecule has 0 unspecified atom stereocenters. The summed E-state index contributed by atoms with van der Waals surface area (Å²) in [6.07, 6.45) is -9.62. The summed E-state index contributed by atoms with van der Waals surface area (Å²) in [4.78, 5) is 0. The second-order valence-corrected chi connectivity index (χ2v) is 7.95. The Bertz CT molecular complexity index is 1630. The van der Waals surface area contributed by atoms with E-state index in [-0.39, 0.29) is 10.7 Å². The zero-order chi connectivity index (χ0) is 27.4. The first-order valence-corrected chi connectivity index (χ1v) is 10.5. The fraction of sp³-hybridized carbons (Fsp3) is 0.0909. The molecule has 0 aliphatic carbocycles. The van der Waals surface area contributed by atoms with E-state index < -0.39 is 69.6 Å². The molecule has 5 rings (SSSR count). The van der Waals surface area contributed by atoms with Gasteiger partial charge in [-0.25, -0.2) is 13.5 Å². The maximum absolute atomic E-state index is 14.7. The standard InChI is InChI=1S/C22H8ClF8N5O2/c23-12-5-2-6-13(25)14(12)16-15(19-33-34-20(37-19)22(29,30)31)17(38-35-16)11-8-32-36(18(11)21(26,27)28)10-4-1-3-9(24)7-10/h1-8H. The number of halogens is 9. The van der Waals surface area contributed by atoms with Crippen LogP contribution in [0.2, 0.25) is 5.02 Å². The van der Waals surface area contributed by atoms with Crippen molar-refractivity contribution < 1.29 is 44.1 Å². The van der Waals surface area contributed by atoms with Crippen LogP contribution in [0.15, 0.2) is 57.6 Å². The van der Waals surface area contributed by atoms with Crippen LogP contribution >= 0.6 is 11.6 Å². The van der Waals surface area contributed by atoms with Crippen LogP contribution in [0.25, 0.3) is 39.7 Å². The summed E-state index contributed by atoms with van der Waals surface area (Å²) < 4.78 is 121. The lowest BCUT2D eigenvalue weighted by molar-refractivity contribution is -0.157. The summed E-state index contributed by atoms with van der Waals surface area (Å²) in [5, 5.41) is 13.1. The molecule has 16 heteroatoms. The zero-order valence-electron chi connectivity index (χ0n) is 18.1. The minimum absolute atomic E-state index is 0.298. The molecule has 0 amide bonds. The fourth-order valence-electron chi connectivity index (χ4n) is 3.60. The Morgan fingerprint density at radius 2 is 1.61 bits per heavy atom. The van der Waals surface area contributed by atoms with Gasteiger partial charge < -0.3 is 8.94 Å². The number of nitrogens with zero attached hydrogens (tertiary/aromatic N) is 5. The lowest BCUT2D eigenvalue weighted by atomic mass is 10.0. The van der Waals surface area contributed by atoms with E-state index in [4.69, 9.17) is 16.1 Å². The summed E-state index contributed by atoms with van der Waals surface area (Å²) in [6.45, 7) is 0. The summed E-state index contributed by atoms with van der Waals surface area (Å²) in [7, 11) is 0. The normalized spacial score (nSPS) is 12.3. The van der Waals surface area contributed by atoms with E-state index >= 15 is 0 Å². The molecule has 38 heavy (non-hydrogen) atoms. The van der Waals surface area contributed by atoms with Crippen molar-refractivity contribution in [1.29, 1.82) is 0 Å². The Kier molecular flexibility index (Phi) is 5.97. The number of hydrogen-bond acceptors (Lipinski definition) is 6. The Hall–Kier alpha value is -4.27. The van der Waals surface area contributed by atoms with E-state index in [1.54, 1.807) is 0 Å². The quantitative estimate of drug-likeness (QED) is 0.216. The summed E-state index contributed by atoms with van der Waals surface area (Å²) in [5.74, 6) is -5.56. The van der Waals surface area contributed by atoms with Crippen LogP contribution in [0, 0.1) is 11.6 Å². The van der Waals surface area contributed by atoms with Gasteiger partial charge in [-0.1, -0.05) is 28.9 Å². The van der Waals surface area contributed by atoms with Gasteiger partial charge in [0.25, 0.3) is 5.89 Å². The average molecular weight is 562 g/mol. The van der Waals surface area contributed by atoms with Crippen LogP contribution in [0.3, 0.4) is 0 Å². The van der Waals surface area contributed by atoms with Crippen molar-refractivity contribution >= 4 is 11.6 Å². The van der Waals surface area contributed by atoms with Gasteiger partial charge in [0.1, 0.15) is 22.9 Å². The number of aromatic nitrogens is 5. The smallest absolute Gasteiger partial charge is 0.412 e. The Labute approximate surface area is 210 Å². The largest absolute Gasteiger partial charge is 0.470 e. The Morgan fingerprint density at radius 3 is 2.24 bits per heavy atom. The number of alkyl halides is 6. The maximum atomic E-state index is 14.7. The molecule has 3 aromatic heterocycles. The Balaban J connectivity index is 1.82. The van der Waals surface area contributed by atoms with Crippen LogP contribution in [-0.4, -0.2) is 25.1 Å². The van der Waals surface area contributed by atoms with Crippen LogP contribution < -0.4 is 0 Å². The molecule has 3 heterocycles. The predicted molar refractivity (Wildman–Crippen MR) is 113 cm³/mol. The van der Waals surface area contributed by atoms with Crippen LogP contribution in [0.1, 0.15) is 11.6 Å². The van der Waals surface area contributed by atoms with E-state index in [2.05, 4.69) is 24.9 Å². The SMILES string of the molecule is Fc1cccc(-n2ncc(-c3onc(-c4c(F)cccc4Cl)c3-c3nnc(C(F)(F)F)o3)c2C(F)(F)F)c1. The van der Waals surface area contributed by atoms with Crippen molar-refractivity contribution in [2.45, 2.75) is 12.4 Å². The van der Waals surface area contributed by atoms with Gasteiger partial charge in [-0.15, -0.1) is 10.2 Å². The molecule has 0 fully saturated rings. The molecule has 0 saturated carbocycles. The van der Waals surface area contributed by atoms with Crippen molar-refractivity contribution in [3.63, 3.8) is 0 Å². The maximum Gasteiger partial charge on any atom is 0.470 e. The van der Waals surface area contributed by atoms with E-state index in [9.17, 15) is 35.1 Å². The van der Waals surface area contributed by atoms with Gasteiger partial charge in [-0.3, -0.25) is 0 Å². The van der Waals surface area contributed by atoms with Gasteiger partial charge in [0.05, 0.1) is 28.0 Å². The highest BCUT2D eigenvalue weighted by atomic mass is 35.5. The average Bonchev–Trinajstić information content (AvgIpc) is 3.55. The molecule has 0 N–H and O–H groups in total. The van der Waals surface area contributed by atoms with E-state index in [0.29, 0.717) is 10.9 Å². The molecule has 196 valence electrons. The highest BCUT2D eigenvalue weighted by molar-refractivity contribution is 6.33. The van der Waals surface area contributed by atoms with Gasteiger partial charge in [0.15, 0.2) is 11.5 Å². The van der Waals surface area contributed by atoms with E-state index in [1.807, 2.05) is 0 Å². The van der Waals surface area contributed by atoms with Crippen molar-refractivity contribution in [2.24, 2.45) is 0 Å². The molecule has 0 radical (unpaired) electrons. The second kappa shape index (κ2) is 8.93. The highest BCUT2D eigenvalue weighted by Crippen LogP contribution is 2.46.